The quantitative estimate of drug-likeness (QED) is 0.570. The van der Waals surface area contributed by atoms with Crippen LogP contribution in [0.5, 0.6) is 0 Å². The van der Waals surface area contributed by atoms with Crippen molar-refractivity contribution in [2.45, 2.75) is 32.4 Å². The van der Waals surface area contributed by atoms with Crippen molar-refractivity contribution in [3.63, 3.8) is 0 Å². The fraction of sp³-hybridized carbons (Fsp3) is 0.353. The largest absolute Gasteiger partial charge is 0.302 e. The molecule has 6 heteroatoms. The molecular weight excluding hydrogens is 328 g/mol. The zero-order chi connectivity index (χ0) is 16.7. The van der Waals surface area contributed by atoms with Crippen LogP contribution in [0, 0.1) is 6.92 Å². The lowest BCUT2D eigenvalue weighted by atomic mass is 10.2. The van der Waals surface area contributed by atoms with Gasteiger partial charge in [-0.05, 0) is 24.7 Å². The van der Waals surface area contributed by atoms with Crippen LogP contribution in [0.2, 0.25) is 0 Å². The highest BCUT2D eigenvalue weighted by Gasteiger charge is 2.13. The van der Waals surface area contributed by atoms with E-state index in [9.17, 15) is 9.59 Å². The predicted molar refractivity (Wildman–Crippen MR) is 97.3 cm³/mol. The normalized spacial score (nSPS) is 10.5. The number of benzene rings is 1. The number of amides is 1. The third-order valence-electron chi connectivity index (χ3n) is 3.17. The molecule has 0 saturated heterocycles. The molecule has 0 aliphatic heterocycles. The summed E-state index contributed by atoms with van der Waals surface area (Å²) in [7, 11) is 0. The summed E-state index contributed by atoms with van der Waals surface area (Å²) in [4.78, 5) is 28.1. The summed E-state index contributed by atoms with van der Waals surface area (Å²) in [6.07, 6.45) is 1.29. The van der Waals surface area contributed by atoms with Gasteiger partial charge in [-0.2, -0.15) is 11.8 Å². The van der Waals surface area contributed by atoms with Gasteiger partial charge in [-0.15, -0.1) is 0 Å². The fourth-order valence-electron chi connectivity index (χ4n) is 2.06. The minimum Gasteiger partial charge on any atom is -0.302 e. The number of nitrogens with zero attached hydrogens (tertiary/aromatic N) is 1. The van der Waals surface area contributed by atoms with Gasteiger partial charge >= 0.3 is 0 Å². The Bertz CT molecular complexity index is 668. The SMILES string of the molecule is CC(=O)c1sc(NC(=O)CCCSCc2ccccc2)nc1C. The third kappa shape index (κ3) is 5.80. The maximum atomic E-state index is 11.9. The van der Waals surface area contributed by atoms with Gasteiger partial charge in [-0.25, -0.2) is 4.98 Å². The molecule has 0 atom stereocenters. The van der Waals surface area contributed by atoms with Crippen LogP contribution >= 0.6 is 23.1 Å². The molecule has 1 amide bonds. The Morgan fingerprint density at radius 1 is 1.26 bits per heavy atom. The number of hydrogen-bond donors (Lipinski definition) is 1. The van der Waals surface area contributed by atoms with E-state index >= 15 is 0 Å². The maximum absolute atomic E-state index is 11.9. The fourth-order valence-corrected chi connectivity index (χ4v) is 3.86. The summed E-state index contributed by atoms with van der Waals surface area (Å²) < 4.78 is 0. The van der Waals surface area contributed by atoms with Crippen LogP contribution in [-0.2, 0) is 10.5 Å². The predicted octanol–water partition coefficient (Wildman–Crippen LogP) is 4.31. The number of hydrogen-bond acceptors (Lipinski definition) is 5. The van der Waals surface area contributed by atoms with Gasteiger partial charge in [0.25, 0.3) is 0 Å². The van der Waals surface area contributed by atoms with E-state index in [-0.39, 0.29) is 11.7 Å². The molecule has 2 aromatic rings. The van der Waals surface area contributed by atoms with E-state index in [2.05, 4.69) is 22.4 Å². The van der Waals surface area contributed by atoms with Crippen molar-refractivity contribution in [2.24, 2.45) is 0 Å². The van der Waals surface area contributed by atoms with Gasteiger partial charge in [-0.3, -0.25) is 9.59 Å². The highest BCUT2D eigenvalue weighted by Crippen LogP contribution is 2.23. The number of rotatable bonds is 8. The lowest BCUT2D eigenvalue weighted by molar-refractivity contribution is -0.116. The highest BCUT2D eigenvalue weighted by atomic mass is 32.2. The van der Waals surface area contributed by atoms with E-state index in [0.29, 0.717) is 22.1 Å². The minimum absolute atomic E-state index is 0.0159. The van der Waals surface area contributed by atoms with Gasteiger partial charge in [0.1, 0.15) is 0 Å². The number of carbonyl (C=O) groups is 2. The summed E-state index contributed by atoms with van der Waals surface area (Å²) in [5.74, 6) is 1.85. The topological polar surface area (TPSA) is 59.1 Å². The Morgan fingerprint density at radius 2 is 2.00 bits per heavy atom. The number of ketones is 1. The van der Waals surface area contributed by atoms with Crippen molar-refractivity contribution in [1.29, 1.82) is 0 Å². The second-order valence-electron chi connectivity index (χ2n) is 5.18. The average molecular weight is 348 g/mol. The van der Waals surface area contributed by atoms with Crippen LogP contribution in [0.1, 0.15) is 40.7 Å². The molecule has 122 valence electrons. The molecule has 0 unspecified atom stereocenters. The van der Waals surface area contributed by atoms with Crippen molar-refractivity contribution >= 4 is 39.9 Å². The Kier molecular flexibility index (Phi) is 6.80. The molecule has 0 saturated carbocycles. The average Bonchev–Trinajstić information content (AvgIpc) is 2.88. The van der Waals surface area contributed by atoms with Gasteiger partial charge in [-0.1, -0.05) is 41.7 Å². The lowest BCUT2D eigenvalue weighted by Gasteiger charge is -2.03. The monoisotopic (exact) mass is 348 g/mol. The van der Waals surface area contributed by atoms with Crippen LogP contribution in [0.4, 0.5) is 5.13 Å². The first-order valence-corrected chi connectivity index (χ1v) is 9.43. The summed E-state index contributed by atoms with van der Waals surface area (Å²) in [6.45, 7) is 3.29. The van der Waals surface area contributed by atoms with Crippen molar-refractivity contribution in [1.82, 2.24) is 4.98 Å². The van der Waals surface area contributed by atoms with E-state index in [1.54, 1.807) is 6.92 Å². The van der Waals surface area contributed by atoms with Crippen LogP contribution in [0.25, 0.3) is 0 Å². The molecule has 1 aromatic heterocycles. The van der Waals surface area contributed by atoms with Gasteiger partial charge in [0.2, 0.25) is 5.91 Å². The molecule has 0 bridgehead atoms. The molecule has 1 heterocycles. The number of thiazole rings is 1. The Hall–Kier alpha value is -1.66. The van der Waals surface area contributed by atoms with Crippen LogP contribution in [-0.4, -0.2) is 22.4 Å². The summed E-state index contributed by atoms with van der Waals surface area (Å²) in [5, 5.41) is 3.28. The number of anilines is 1. The van der Waals surface area contributed by atoms with Gasteiger partial charge < -0.3 is 5.32 Å². The summed E-state index contributed by atoms with van der Waals surface area (Å²) >= 11 is 3.07. The van der Waals surface area contributed by atoms with Gasteiger partial charge in [0.15, 0.2) is 10.9 Å². The molecule has 2 rings (SSSR count). The number of carbonyl (C=O) groups excluding carboxylic acids is 2. The number of aromatic nitrogens is 1. The Labute approximate surface area is 144 Å². The zero-order valence-corrected chi connectivity index (χ0v) is 14.9. The molecular formula is C17H20N2O2S2. The molecule has 0 aliphatic carbocycles. The number of thioether (sulfide) groups is 1. The maximum Gasteiger partial charge on any atom is 0.226 e. The highest BCUT2D eigenvalue weighted by molar-refractivity contribution is 7.98. The van der Waals surface area contributed by atoms with Crippen molar-refractivity contribution in [2.75, 3.05) is 11.1 Å². The number of aryl methyl sites for hydroxylation is 1. The van der Waals surface area contributed by atoms with Crippen LogP contribution in [0.3, 0.4) is 0 Å². The lowest BCUT2D eigenvalue weighted by Crippen LogP contribution is -2.11. The molecule has 23 heavy (non-hydrogen) atoms. The molecule has 0 radical (unpaired) electrons. The second kappa shape index (κ2) is 8.84. The molecule has 1 N–H and O–H groups in total. The van der Waals surface area contributed by atoms with E-state index in [1.165, 1.54) is 23.8 Å². The smallest absolute Gasteiger partial charge is 0.226 e. The summed E-state index contributed by atoms with van der Waals surface area (Å²) in [6, 6.07) is 10.3. The molecule has 0 aliphatic rings. The first-order chi connectivity index (χ1) is 11.1. The van der Waals surface area contributed by atoms with Crippen LogP contribution < -0.4 is 5.32 Å². The Morgan fingerprint density at radius 3 is 2.65 bits per heavy atom. The van der Waals surface area contributed by atoms with Gasteiger partial charge in [0.05, 0.1) is 10.6 Å². The summed E-state index contributed by atoms with van der Waals surface area (Å²) in [5.41, 5.74) is 1.98. The van der Waals surface area contributed by atoms with Crippen LogP contribution in [0.15, 0.2) is 30.3 Å². The van der Waals surface area contributed by atoms with Crippen molar-refractivity contribution < 1.29 is 9.59 Å². The molecule has 0 fully saturated rings. The third-order valence-corrected chi connectivity index (χ3v) is 5.46. The van der Waals surface area contributed by atoms with E-state index in [0.717, 1.165) is 17.9 Å². The van der Waals surface area contributed by atoms with Crippen molar-refractivity contribution in [3.8, 4) is 0 Å². The van der Waals surface area contributed by atoms with E-state index in [4.69, 9.17) is 0 Å². The van der Waals surface area contributed by atoms with E-state index < -0.39 is 0 Å². The minimum atomic E-state index is -0.0471. The molecule has 0 spiro atoms. The standard InChI is InChI=1S/C17H20N2O2S2/c1-12-16(13(2)20)23-17(18-12)19-15(21)9-6-10-22-11-14-7-4-3-5-8-14/h3-5,7-8H,6,9-11H2,1-2H3,(H,18,19,21). The Balaban J connectivity index is 1.67. The molecule has 4 nitrogen and oxygen atoms in total. The molecule has 1 aromatic carbocycles. The van der Waals surface area contributed by atoms with Crippen molar-refractivity contribution in [3.05, 3.63) is 46.5 Å². The second-order valence-corrected chi connectivity index (χ2v) is 7.28. The number of nitrogens with one attached hydrogen (secondary N) is 1. The number of Topliss-reactive ketones (excluding diaryl/α,β-unsaturated/α-hetero) is 1. The van der Waals surface area contributed by atoms with E-state index in [1.807, 2.05) is 30.0 Å². The first kappa shape index (κ1) is 17.7. The van der Waals surface area contributed by atoms with Gasteiger partial charge in [0, 0.05) is 19.1 Å². The first-order valence-electron chi connectivity index (χ1n) is 7.46. The zero-order valence-electron chi connectivity index (χ0n) is 13.3.